The van der Waals surface area contributed by atoms with Gasteiger partial charge in [0, 0.05) is 10.9 Å². The lowest BCUT2D eigenvalue weighted by Gasteiger charge is -1.97. The Morgan fingerprint density at radius 3 is 2.00 bits per heavy atom. The summed E-state index contributed by atoms with van der Waals surface area (Å²) >= 11 is 0. The van der Waals surface area contributed by atoms with Crippen LogP contribution in [0, 0.1) is 0 Å². The molecule has 3 N–H and O–H groups in total. The molecule has 0 spiro atoms. The molecule has 3 aromatic rings. The molecule has 0 fully saturated rings. The number of phenols is 1. The van der Waals surface area contributed by atoms with Gasteiger partial charge in [0.1, 0.15) is 5.75 Å². The zero-order valence-corrected chi connectivity index (χ0v) is 10.9. The van der Waals surface area contributed by atoms with Crippen LogP contribution >= 0.6 is 0 Å². The Kier molecular flexibility index (Phi) is 4.35. The van der Waals surface area contributed by atoms with Gasteiger partial charge in [-0.15, -0.1) is 0 Å². The van der Waals surface area contributed by atoms with Crippen LogP contribution in [0.15, 0.2) is 72.8 Å². The monoisotopic (exact) mass is 265 g/mol. The third-order valence-electron chi connectivity index (χ3n) is 2.82. The zero-order valence-electron chi connectivity index (χ0n) is 10.9. The summed E-state index contributed by atoms with van der Waals surface area (Å²) < 4.78 is 0. The Bertz CT molecular complexity index is 703. The molecule has 0 radical (unpaired) electrons. The fourth-order valence-corrected chi connectivity index (χ4v) is 1.81. The number of rotatable bonds is 1. The van der Waals surface area contributed by atoms with Crippen LogP contribution in [-0.4, -0.2) is 11.0 Å². The van der Waals surface area contributed by atoms with Crippen LogP contribution in [0.25, 0.3) is 10.8 Å². The normalized spacial score (nSPS) is 9.60. The minimum atomic E-state index is -0.379. The third-order valence-corrected chi connectivity index (χ3v) is 2.82. The number of aromatic hydroxyl groups is 1. The number of fused-ring (bicyclic) bond motifs is 1. The number of hydrogen-bond donors (Lipinski definition) is 2. The molecule has 0 bridgehead atoms. The van der Waals surface area contributed by atoms with Crippen molar-refractivity contribution in [3.63, 3.8) is 0 Å². The van der Waals surface area contributed by atoms with Crippen molar-refractivity contribution in [2.45, 2.75) is 0 Å². The van der Waals surface area contributed by atoms with Crippen molar-refractivity contribution in [3.05, 3.63) is 78.4 Å². The van der Waals surface area contributed by atoms with E-state index in [2.05, 4.69) is 0 Å². The Balaban J connectivity index is 0.000000151. The molecule has 3 aromatic carbocycles. The number of carbonyl (C=O) groups is 1. The lowest BCUT2D eigenvalue weighted by atomic mass is 10.1. The largest absolute Gasteiger partial charge is 0.507 e. The van der Waals surface area contributed by atoms with E-state index in [1.807, 2.05) is 42.5 Å². The second-order valence-corrected chi connectivity index (χ2v) is 4.23. The Morgan fingerprint density at radius 2 is 1.40 bits per heavy atom. The molecular weight excluding hydrogens is 250 g/mol. The van der Waals surface area contributed by atoms with Gasteiger partial charge in [0.2, 0.25) is 5.91 Å². The number of primary amides is 1. The molecule has 3 nitrogen and oxygen atoms in total. The quantitative estimate of drug-likeness (QED) is 0.708. The van der Waals surface area contributed by atoms with Crippen molar-refractivity contribution < 1.29 is 9.90 Å². The highest BCUT2D eigenvalue weighted by molar-refractivity contribution is 5.92. The second kappa shape index (κ2) is 6.38. The molecule has 20 heavy (non-hydrogen) atoms. The first-order valence-electron chi connectivity index (χ1n) is 6.20. The molecule has 0 saturated heterocycles. The average Bonchev–Trinajstić information content (AvgIpc) is 2.49. The van der Waals surface area contributed by atoms with Crippen molar-refractivity contribution in [1.29, 1.82) is 0 Å². The molecule has 100 valence electrons. The van der Waals surface area contributed by atoms with E-state index < -0.39 is 0 Å². The van der Waals surface area contributed by atoms with Gasteiger partial charge in [0.05, 0.1) is 0 Å². The Labute approximate surface area is 117 Å². The average molecular weight is 265 g/mol. The van der Waals surface area contributed by atoms with E-state index in [0.717, 1.165) is 10.8 Å². The van der Waals surface area contributed by atoms with Gasteiger partial charge in [-0.1, -0.05) is 54.6 Å². The van der Waals surface area contributed by atoms with Crippen LogP contribution in [0.3, 0.4) is 0 Å². The molecule has 0 aromatic heterocycles. The van der Waals surface area contributed by atoms with Gasteiger partial charge in [-0.25, -0.2) is 0 Å². The summed E-state index contributed by atoms with van der Waals surface area (Å²) in [4.78, 5) is 10.4. The maximum atomic E-state index is 10.4. The lowest BCUT2D eigenvalue weighted by molar-refractivity contribution is 0.100. The highest BCUT2D eigenvalue weighted by Gasteiger charge is 1.95. The fraction of sp³-hybridized carbons (Fsp3) is 0. The first-order chi connectivity index (χ1) is 9.68. The van der Waals surface area contributed by atoms with Gasteiger partial charge in [-0.05, 0) is 23.6 Å². The number of carbonyl (C=O) groups excluding carboxylic acids is 1. The molecule has 1 amide bonds. The van der Waals surface area contributed by atoms with Gasteiger partial charge in [0.15, 0.2) is 0 Å². The fourth-order valence-electron chi connectivity index (χ4n) is 1.81. The first-order valence-corrected chi connectivity index (χ1v) is 6.20. The van der Waals surface area contributed by atoms with Crippen LogP contribution in [0.2, 0.25) is 0 Å². The summed E-state index contributed by atoms with van der Waals surface area (Å²) in [7, 11) is 0. The standard InChI is InChI=1S/C10H8O.C7H7NO/c11-10-7-3-5-8-4-1-2-6-9(8)10;8-7(9)6-4-2-1-3-5-6/h1-7,11H;1-5H,(H2,8,9). The minimum absolute atomic E-state index is 0.350. The van der Waals surface area contributed by atoms with Crippen LogP contribution in [-0.2, 0) is 0 Å². The number of amides is 1. The van der Waals surface area contributed by atoms with Gasteiger partial charge in [-0.2, -0.15) is 0 Å². The topological polar surface area (TPSA) is 63.3 Å². The van der Waals surface area contributed by atoms with Crippen molar-refractivity contribution in [2.24, 2.45) is 5.73 Å². The predicted octanol–water partition coefficient (Wildman–Crippen LogP) is 3.33. The molecule has 0 aliphatic heterocycles. The summed E-state index contributed by atoms with van der Waals surface area (Å²) in [6.07, 6.45) is 0. The molecule has 0 atom stereocenters. The number of benzene rings is 3. The summed E-state index contributed by atoms with van der Waals surface area (Å²) in [6.45, 7) is 0. The Hall–Kier alpha value is -2.81. The lowest BCUT2D eigenvalue weighted by Crippen LogP contribution is -2.09. The summed E-state index contributed by atoms with van der Waals surface area (Å²) in [5.41, 5.74) is 5.53. The SMILES string of the molecule is NC(=O)c1ccccc1.Oc1cccc2ccccc12. The van der Waals surface area contributed by atoms with Gasteiger partial charge >= 0.3 is 0 Å². The van der Waals surface area contributed by atoms with Crippen molar-refractivity contribution in [3.8, 4) is 5.75 Å². The van der Waals surface area contributed by atoms with E-state index in [9.17, 15) is 9.90 Å². The maximum absolute atomic E-state index is 10.4. The van der Waals surface area contributed by atoms with Gasteiger partial charge < -0.3 is 10.8 Å². The van der Waals surface area contributed by atoms with E-state index in [1.165, 1.54) is 0 Å². The molecule has 0 unspecified atom stereocenters. The third kappa shape index (κ3) is 3.36. The van der Waals surface area contributed by atoms with E-state index in [4.69, 9.17) is 5.73 Å². The number of hydrogen-bond acceptors (Lipinski definition) is 2. The van der Waals surface area contributed by atoms with Gasteiger partial charge in [0.25, 0.3) is 0 Å². The van der Waals surface area contributed by atoms with Crippen molar-refractivity contribution in [2.75, 3.05) is 0 Å². The molecule has 0 saturated carbocycles. The first kappa shape index (κ1) is 13.6. The van der Waals surface area contributed by atoms with E-state index >= 15 is 0 Å². The maximum Gasteiger partial charge on any atom is 0.248 e. The summed E-state index contributed by atoms with van der Waals surface area (Å²) in [5.74, 6) is -0.0290. The highest BCUT2D eigenvalue weighted by atomic mass is 16.3. The smallest absolute Gasteiger partial charge is 0.248 e. The second-order valence-electron chi connectivity index (χ2n) is 4.23. The number of phenolic OH excluding ortho intramolecular Hbond substituents is 1. The molecular formula is C17H15NO2. The minimum Gasteiger partial charge on any atom is -0.507 e. The van der Waals surface area contributed by atoms with Crippen LogP contribution < -0.4 is 5.73 Å². The summed E-state index contributed by atoms with van der Waals surface area (Å²) in [5, 5.41) is 11.4. The predicted molar refractivity (Wildman–Crippen MR) is 80.6 cm³/mol. The molecule has 0 aliphatic rings. The van der Waals surface area contributed by atoms with Crippen LogP contribution in [0.5, 0.6) is 5.75 Å². The molecule has 0 aliphatic carbocycles. The summed E-state index contributed by atoms with van der Waals surface area (Å²) in [6, 6.07) is 22.1. The van der Waals surface area contributed by atoms with Crippen molar-refractivity contribution >= 4 is 16.7 Å². The Morgan fingerprint density at radius 1 is 0.800 bits per heavy atom. The molecule has 3 heteroatoms. The highest BCUT2D eigenvalue weighted by Crippen LogP contribution is 2.22. The van der Waals surface area contributed by atoms with Crippen LogP contribution in [0.4, 0.5) is 0 Å². The van der Waals surface area contributed by atoms with E-state index in [1.54, 1.807) is 30.3 Å². The van der Waals surface area contributed by atoms with E-state index in [-0.39, 0.29) is 5.91 Å². The van der Waals surface area contributed by atoms with Crippen LogP contribution in [0.1, 0.15) is 10.4 Å². The van der Waals surface area contributed by atoms with Crippen molar-refractivity contribution in [1.82, 2.24) is 0 Å². The molecule has 0 heterocycles. The zero-order chi connectivity index (χ0) is 14.4. The van der Waals surface area contributed by atoms with Gasteiger partial charge in [-0.3, -0.25) is 4.79 Å². The van der Waals surface area contributed by atoms with E-state index in [0.29, 0.717) is 11.3 Å². The number of nitrogens with two attached hydrogens (primary N) is 1. The molecule has 3 rings (SSSR count).